The lowest BCUT2D eigenvalue weighted by atomic mass is 10.1. The zero-order chi connectivity index (χ0) is 10.6. The molecule has 0 heterocycles. The summed E-state index contributed by atoms with van der Waals surface area (Å²) in [5, 5.41) is 12.5. The van der Waals surface area contributed by atoms with Crippen LogP contribution in [0.4, 0.5) is 5.69 Å². The van der Waals surface area contributed by atoms with Crippen molar-refractivity contribution in [3.05, 3.63) is 36.4 Å². The van der Waals surface area contributed by atoms with Crippen LogP contribution in [0.1, 0.15) is 20.3 Å². The van der Waals surface area contributed by atoms with Gasteiger partial charge in [-0.3, -0.25) is 0 Å². The number of anilines is 1. The predicted octanol–water partition coefficient (Wildman–Crippen LogP) is 3.16. The van der Waals surface area contributed by atoms with E-state index in [0.29, 0.717) is 11.8 Å². The number of phenolic OH excluding ortho intramolecular Hbond substituents is 1. The quantitative estimate of drug-likeness (QED) is 0.566. The van der Waals surface area contributed by atoms with E-state index >= 15 is 0 Å². The van der Waals surface area contributed by atoms with E-state index in [-0.39, 0.29) is 0 Å². The first-order valence-corrected chi connectivity index (χ1v) is 4.84. The van der Waals surface area contributed by atoms with Gasteiger partial charge in [-0.25, -0.2) is 0 Å². The zero-order valence-corrected chi connectivity index (χ0v) is 8.75. The van der Waals surface area contributed by atoms with Crippen molar-refractivity contribution < 1.29 is 5.11 Å². The van der Waals surface area contributed by atoms with Gasteiger partial charge >= 0.3 is 0 Å². The van der Waals surface area contributed by atoms with Gasteiger partial charge in [0.15, 0.2) is 0 Å². The third kappa shape index (κ3) is 2.80. The van der Waals surface area contributed by atoms with Crippen LogP contribution in [-0.2, 0) is 0 Å². The van der Waals surface area contributed by atoms with E-state index in [9.17, 15) is 0 Å². The highest BCUT2D eigenvalue weighted by Crippen LogP contribution is 2.17. The van der Waals surface area contributed by atoms with Crippen LogP contribution in [0.3, 0.4) is 0 Å². The van der Waals surface area contributed by atoms with E-state index in [2.05, 4.69) is 18.8 Å². The second-order valence-corrected chi connectivity index (χ2v) is 3.50. The van der Waals surface area contributed by atoms with Crippen molar-refractivity contribution in [2.45, 2.75) is 26.3 Å². The summed E-state index contributed by atoms with van der Waals surface area (Å²) < 4.78 is 0. The second-order valence-electron chi connectivity index (χ2n) is 3.50. The number of rotatable bonds is 4. The summed E-state index contributed by atoms with van der Waals surface area (Å²) in [7, 11) is 0. The molecule has 14 heavy (non-hydrogen) atoms. The number of benzene rings is 1. The van der Waals surface area contributed by atoms with Gasteiger partial charge in [-0.05, 0) is 37.6 Å². The van der Waals surface area contributed by atoms with E-state index in [0.717, 1.165) is 17.7 Å². The maximum atomic E-state index is 9.11. The highest BCUT2D eigenvalue weighted by molar-refractivity contribution is 5.47. The molecule has 0 spiro atoms. The Morgan fingerprint density at radius 1 is 1.43 bits per heavy atom. The lowest BCUT2D eigenvalue weighted by Crippen LogP contribution is -2.18. The lowest BCUT2D eigenvalue weighted by molar-refractivity contribution is 0.475. The summed E-state index contributed by atoms with van der Waals surface area (Å²) >= 11 is 0. The maximum absolute atomic E-state index is 9.11. The molecule has 0 radical (unpaired) electrons. The molecule has 1 atom stereocenters. The molecule has 0 bridgehead atoms. The Kier molecular flexibility index (Phi) is 3.57. The van der Waals surface area contributed by atoms with Crippen LogP contribution < -0.4 is 5.32 Å². The first-order chi connectivity index (χ1) is 6.63. The molecule has 1 unspecified atom stereocenters. The summed E-state index contributed by atoms with van der Waals surface area (Å²) in [4.78, 5) is 0. The van der Waals surface area contributed by atoms with Crippen LogP contribution in [0, 0.1) is 0 Å². The van der Waals surface area contributed by atoms with Crippen molar-refractivity contribution in [3.63, 3.8) is 0 Å². The Labute approximate surface area is 85.3 Å². The molecule has 1 aromatic carbocycles. The molecule has 0 aliphatic heterocycles. The number of aromatic hydroxyl groups is 1. The van der Waals surface area contributed by atoms with Gasteiger partial charge in [0, 0.05) is 11.7 Å². The second kappa shape index (κ2) is 4.70. The molecule has 1 aromatic rings. The van der Waals surface area contributed by atoms with Crippen molar-refractivity contribution in [2.24, 2.45) is 0 Å². The summed E-state index contributed by atoms with van der Waals surface area (Å²) in [5.74, 6) is 0.291. The van der Waals surface area contributed by atoms with E-state index < -0.39 is 0 Å². The van der Waals surface area contributed by atoms with E-state index in [1.54, 1.807) is 12.1 Å². The van der Waals surface area contributed by atoms with Crippen molar-refractivity contribution in [3.8, 4) is 5.75 Å². The third-order valence-electron chi connectivity index (χ3n) is 2.21. The van der Waals surface area contributed by atoms with E-state index in [1.165, 1.54) is 0 Å². The molecular weight excluding hydrogens is 174 g/mol. The van der Waals surface area contributed by atoms with Gasteiger partial charge in [0.1, 0.15) is 5.75 Å². The number of nitrogens with one attached hydrogen (secondary N) is 1. The fourth-order valence-electron chi connectivity index (χ4n) is 1.33. The smallest absolute Gasteiger partial charge is 0.115 e. The largest absolute Gasteiger partial charge is 0.508 e. The van der Waals surface area contributed by atoms with Crippen LogP contribution in [-0.4, -0.2) is 11.1 Å². The average Bonchev–Trinajstić information content (AvgIpc) is 2.16. The number of hydrogen-bond acceptors (Lipinski definition) is 2. The Morgan fingerprint density at radius 2 is 2.00 bits per heavy atom. The first-order valence-electron chi connectivity index (χ1n) is 4.84. The molecule has 0 fully saturated rings. The number of phenols is 1. The molecule has 2 heteroatoms. The van der Waals surface area contributed by atoms with Gasteiger partial charge in [-0.15, -0.1) is 0 Å². The first kappa shape index (κ1) is 10.6. The van der Waals surface area contributed by atoms with Crippen molar-refractivity contribution >= 4 is 5.69 Å². The predicted molar refractivity (Wildman–Crippen MR) is 60.6 cm³/mol. The molecule has 1 rings (SSSR count). The standard InChI is InChI=1S/C12H17NO/c1-4-12(9(2)3)13-10-5-7-11(14)8-6-10/h5-8,12-14H,2,4H2,1,3H3. The monoisotopic (exact) mass is 191 g/mol. The van der Waals surface area contributed by atoms with E-state index in [1.807, 2.05) is 19.1 Å². The van der Waals surface area contributed by atoms with Gasteiger partial charge in [0.2, 0.25) is 0 Å². The molecule has 0 aliphatic rings. The van der Waals surface area contributed by atoms with Crippen molar-refractivity contribution in [1.29, 1.82) is 0 Å². The highest BCUT2D eigenvalue weighted by Gasteiger charge is 2.05. The van der Waals surface area contributed by atoms with Gasteiger partial charge in [-0.2, -0.15) is 0 Å². The molecule has 2 N–H and O–H groups in total. The lowest BCUT2D eigenvalue weighted by Gasteiger charge is -2.18. The van der Waals surface area contributed by atoms with Gasteiger partial charge < -0.3 is 10.4 Å². The molecule has 0 amide bonds. The van der Waals surface area contributed by atoms with Crippen LogP contribution in [0.2, 0.25) is 0 Å². The molecule has 76 valence electrons. The zero-order valence-electron chi connectivity index (χ0n) is 8.75. The van der Waals surface area contributed by atoms with Crippen molar-refractivity contribution in [2.75, 3.05) is 5.32 Å². The summed E-state index contributed by atoms with van der Waals surface area (Å²) in [6.45, 7) is 8.06. The third-order valence-corrected chi connectivity index (χ3v) is 2.21. The average molecular weight is 191 g/mol. The molecule has 2 nitrogen and oxygen atoms in total. The van der Waals surface area contributed by atoms with Crippen LogP contribution in [0.5, 0.6) is 5.75 Å². The fraction of sp³-hybridized carbons (Fsp3) is 0.333. The topological polar surface area (TPSA) is 32.3 Å². The van der Waals surface area contributed by atoms with Crippen LogP contribution in [0.15, 0.2) is 36.4 Å². The Balaban J connectivity index is 2.67. The number of hydrogen-bond donors (Lipinski definition) is 2. The van der Waals surface area contributed by atoms with Gasteiger partial charge in [0.05, 0.1) is 0 Å². The summed E-state index contributed by atoms with van der Waals surface area (Å²) in [6, 6.07) is 7.38. The summed E-state index contributed by atoms with van der Waals surface area (Å²) in [6.07, 6.45) is 1.01. The maximum Gasteiger partial charge on any atom is 0.115 e. The Morgan fingerprint density at radius 3 is 2.43 bits per heavy atom. The normalized spacial score (nSPS) is 12.1. The minimum Gasteiger partial charge on any atom is -0.508 e. The SMILES string of the molecule is C=C(C)C(CC)Nc1ccc(O)cc1. The minimum absolute atomic E-state index is 0.291. The molecular formula is C12H17NO. The minimum atomic E-state index is 0.291. The van der Waals surface area contributed by atoms with Gasteiger partial charge in [-0.1, -0.05) is 19.1 Å². The molecule has 0 saturated carbocycles. The summed E-state index contributed by atoms with van der Waals surface area (Å²) in [5.41, 5.74) is 2.14. The van der Waals surface area contributed by atoms with Crippen molar-refractivity contribution in [1.82, 2.24) is 0 Å². The van der Waals surface area contributed by atoms with Crippen LogP contribution in [0.25, 0.3) is 0 Å². The highest BCUT2D eigenvalue weighted by atomic mass is 16.3. The Bertz CT molecular complexity index is 303. The molecule has 0 saturated heterocycles. The molecule has 0 aliphatic carbocycles. The van der Waals surface area contributed by atoms with Gasteiger partial charge in [0.25, 0.3) is 0 Å². The fourth-order valence-corrected chi connectivity index (χ4v) is 1.33. The van der Waals surface area contributed by atoms with Crippen LogP contribution >= 0.6 is 0 Å². The van der Waals surface area contributed by atoms with E-state index in [4.69, 9.17) is 5.11 Å². The molecule has 0 aromatic heterocycles. The Hall–Kier alpha value is -1.44.